The van der Waals surface area contributed by atoms with Crippen molar-refractivity contribution in [1.82, 2.24) is 0 Å². The van der Waals surface area contributed by atoms with E-state index in [1.165, 1.54) is 7.11 Å². The summed E-state index contributed by atoms with van der Waals surface area (Å²) in [6.07, 6.45) is 0.746. The highest BCUT2D eigenvalue weighted by Crippen LogP contribution is 2.52. The highest BCUT2D eigenvalue weighted by molar-refractivity contribution is 6.21. The van der Waals surface area contributed by atoms with Crippen LogP contribution in [0.1, 0.15) is 49.4 Å². The van der Waals surface area contributed by atoms with Crippen molar-refractivity contribution in [2.24, 2.45) is 0 Å². The molecule has 43 heavy (non-hydrogen) atoms. The Morgan fingerprint density at radius 1 is 0.860 bits per heavy atom. The van der Waals surface area contributed by atoms with Gasteiger partial charge in [-0.15, -0.1) is 0 Å². The van der Waals surface area contributed by atoms with E-state index in [2.05, 4.69) is 6.07 Å². The van der Waals surface area contributed by atoms with Crippen LogP contribution in [0.4, 0.5) is 0 Å². The molecule has 0 aromatic heterocycles. The van der Waals surface area contributed by atoms with Gasteiger partial charge in [0.15, 0.2) is 11.4 Å². The van der Waals surface area contributed by atoms with Crippen LogP contribution in [-0.4, -0.2) is 39.7 Å². The maximum atomic E-state index is 14.5. The fraction of sp³-hybridized carbons (Fsp3) is 0.222. The molecule has 2 aliphatic heterocycles. The molecule has 216 valence electrons. The number of benzene rings is 5. The van der Waals surface area contributed by atoms with Gasteiger partial charge in [-0.1, -0.05) is 42.5 Å². The van der Waals surface area contributed by atoms with Gasteiger partial charge >= 0.3 is 5.97 Å². The average Bonchev–Trinajstić information content (AvgIpc) is 3.52. The molecule has 2 aliphatic rings. The number of ketones is 1. The topological polar surface area (TPSA) is 80.3 Å². The molecule has 2 heterocycles. The van der Waals surface area contributed by atoms with Crippen molar-refractivity contribution < 1.29 is 33.3 Å². The van der Waals surface area contributed by atoms with Gasteiger partial charge in [-0.05, 0) is 59.2 Å². The number of carbonyl (C=O) groups is 2. The largest absolute Gasteiger partial charge is 0.497 e. The van der Waals surface area contributed by atoms with Crippen LogP contribution in [0.3, 0.4) is 0 Å². The average molecular weight is 575 g/mol. The number of methoxy groups -OCH3 is 3. The molecule has 7 heteroatoms. The van der Waals surface area contributed by atoms with Crippen molar-refractivity contribution in [2.45, 2.75) is 25.4 Å². The van der Waals surface area contributed by atoms with Crippen LogP contribution in [-0.2, 0) is 16.8 Å². The molecule has 0 fully saturated rings. The maximum Gasteiger partial charge on any atom is 0.339 e. The third-order valence-electron chi connectivity index (χ3n) is 8.76. The molecular formula is C36H30O7. The lowest BCUT2D eigenvalue weighted by Crippen LogP contribution is -2.41. The Hall–Kier alpha value is -5.04. The van der Waals surface area contributed by atoms with Gasteiger partial charge in [0.25, 0.3) is 0 Å². The van der Waals surface area contributed by atoms with Crippen molar-refractivity contribution in [3.8, 4) is 23.0 Å². The Bertz CT molecular complexity index is 1960. The molecule has 5 aromatic rings. The van der Waals surface area contributed by atoms with Crippen LogP contribution < -0.4 is 18.9 Å². The van der Waals surface area contributed by atoms with Crippen LogP contribution in [0.25, 0.3) is 21.5 Å². The summed E-state index contributed by atoms with van der Waals surface area (Å²) in [5.74, 6) is 1.69. The monoisotopic (exact) mass is 574 g/mol. The second kappa shape index (κ2) is 10.1. The molecule has 7 nitrogen and oxygen atoms in total. The number of Topliss-reactive ketones (excluding diaryl/α,β-unsaturated/α-hetero) is 1. The van der Waals surface area contributed by atoms with E-state index in [0.717, 1.165) is 45.0 Å². The number of carbonyl (C=O) groups excluding carboxylic acids is 2. The summed E-state index contributed by atoms with van der Waals surface area (Å²) < 4.78 is 29.5. The van der Waals surface area contributed by atoms with E-state index >= 15 is 0 Å². The lowest BCUT2D eigenvalue weighted by Gasteiger charge is -2.40. The van der Waals surface area contributed by atoms with E-state index in [1.807, 2.05) is 73.7 Å². The van der Waals surface area contributed by atoms with Gasteiger partial charge in [-0.25, -0.2) is 4.79 Å². The lowest BCUT2D eigenvalue weighted by molar-refractivity contribution is 0.0555. The zero-order valence-corrected chi connectivity index (χ0v) is 24.4. The summed E-state index contributed by atoms with van der Waals surface area (Å²) >= 11 is 0. The Morgan fingerprint density at radius 3 is 2.33 bits per heavy atom. The van der Waals surface area contributed by atoms with Crippen molar-refractivity contribution in [3.63, 3.8) is 0 Å². The van der Waals surface area contributed by atoms with Crippen molar-refractivity contribution in [2.75, 3.05) is 27.9 Å². The van der Waals surface area contributed by atoms with E-state index < -0.39 is 11.6 Å². The standard InChI is InChI=1S/C36H30O7/c1-20-31-26-8-6-5-7-25(26)30(40-3)18-27(31)34-33(32(20)35(38)41-4)28(37)19-36(43-34,22-9-12-24(39-2)13-10-22)23-11-14-29-21(17-23)15-16-42-29/h5-14,17-18H,15-16,19H2,1-4H3. The second-order valence-corrected chi connectivity index (χ2v) is 10.9. The smallest absolute Gasteiger partial charge is 0.339 e. The van der Waals surface area contributed by atoms with Crippen molar-refractivity contribution in [3.05, 3.63) is 106 Å². The van der Waals surface area contributed by atoms with Crippen LogP contribution in [0, 0.1) is 6.92 Å². The summed E-state index contributed by atoms with van der Waals surface area (Å²) in [5.41, 5.74) is 2.57. The van der Waals surface area contributed by atoms with Gasteiger partial charge in [0.1, 0.15) is 23.0 Å². The molecule has 1 atom stereocenters. The number of fused-ring (bicyclic) bond motifs is 6. The quantitative estimate of drug-likeness (QED) is 0.166. The molecular weight excluding hydrogens is 544 g/mol. The second-order valence-electron chi connectivity index (χ2n) is 10.9. The van der Waals surface area contributed by atoms with Crippen LogP contribution in [0.2, 0.25) is 0 Å². The SMILES string of the molecule is COC(=O)c1c2c(c3cc(OC)c4ccccc4c3c1C)OC(c1ccc(OC)cc1)(c1ccc3c(c1)CCO3)CC2=O. The Balaban J connectivity index is 1.59. The predicted octanol–water partition coefficient (Wildman–Crippen LogP) is 6.95. The number of hydrogen-bond acceptors (Lipinski definition) is 7. The summed E-state index contributed by atoms with van der Waals surface area (Å²) in [6, 6.07) is 23.3. The number of ether oxygens (including phenoxy) is 5. The first-order chi connectivity index (χ1) is 20.9. The minimum absolute atomic E-state index is 0.0222. The molecule has 7 rings (SSSR count). The van der Waals surface area contributed by atoms with E-state index in [0.29, 0.717) is 34.8 Å². The molecule has 0 saturated heterocycles. The van der Waals surface area contributed by atoms with Gasteiger partial charge < -0.3 is 23.7 Å². The van der Waals surface area contributed by atoms with Gasteiger partial charge in [-0.2, -0.15) is 0 Å². The molecule has 0 amide bonds. The van der Waals surface area contributed by atoms with Crippen LogP contribution in [0.15, 0.2) is 72.8 Å². The highest BCUT2D eigenvalue weighted by atomic mass is 16.5. The van der Waals surface area contributed by atoms with E-state index in [-0.39, 0.29) is 23.3 Å². The zero-order chi connectivity index (χ0) is 29.9. The summed E-state index contributed by atoms with van der Waals surface area (Å²) in [4.78, 5) is 27.9. The summed E-state index contributed by atoms with van der Waals surface area (Å²) in [7, 11) is 4.56. The predicted molar refractivity (Wildman–Crippen MR) is 163 cm³/mol. The Labute approximate surface area is 248 Å². The van der Waals surface area contributed by atoms with Gasteiger partial charge in [0, 0.05) is 28.3 Å². The molecule has 1 unspecified atom stereocenters. The third kappa shape index (κ3) is 3.95. The lowest BCUT2D eigenvalue weighted by atomic mass is 9.76. The van der Waals surface area contributed by atoms with Crippen molar-refractivity contribution >= 4 is 33.3 Å². The molecule has 0 saturated carbocycles. The van der Waals surface area contributed by atoms with Crippen molar-refractivity contribution in [1.29, 1.82) is 0 Å². The van der Waals surface area contributed by atoms with E-state index in [4.69, 9.17) is 23.7 Å². The minimum Gasteiger partial charge on any atom is -0.497 e. The molecule has 0 spiro atoms. The Morgan fingerprint density at radius 2 is 1.60 bits per heavy atom. The normalized spacial score (nSPS) is 17.2. The summed E-state index contributed by atoms with van der Waals surface area (Å²) in [5, 5.41) is 3.26. The van der Waals surface area contributed by atoms with E-state index in [9.17, 15) is 9.59 Å². The number of rotatable bonds is 5. The highest BCUT2D eigenvalue weighted by Gasteiger charge is 2.47. The zero-order valence-electron chi connectivity index (χ0n) is 24.4. The third-order valence-corrected chi connectivity index (χ3v) is 8.76. The van der Waals surface area contributed by atoms with Gasteiger partial charge in [0.05, 0.1) is 45.5 Å². The molecule has 0 bridgehead atoms. The molecule has 5 aromatic carbocycles. The van der Waals surface area contributed by atoms with Gasteiger partial charge in [0.2, 0.25) is 0 Å². The Kier molecular flexibility index (Phi) is 6.27. The molecule has 0 N–H and O–H groups in total. The fourth-order valence-corrected chi connectivity index (χ4v) is 6.70. The number of hydrogen-bond donors (Lipinski definition) is 0. The molecule has 0 radical (unpaired) electrons. The van der Waals surface area contributed by atoms with E-state index in [1.54, 1.807) is 14.2 Å². The minimum atomic E-state index is -1.19. The first-order valence-corrected chi connectivity index (χ1v) is 14.2. The number of aryl methyl sites for hydroxylation is 1. The van der Waals surface area contributed by atoms with Crippen LogP contribution in [0.5, 0.6) is 23.0 Å². The summed E-state index contributed by atoms with van der Waals surface area (Å²) in [6.45, 7) is 2.46. The maximum absolute atomic E-state index is 14.5. The fourth-order valence-electron chi connectivity index (χ4n) is 6.70. The molecule has 0 aliphatic carbocycles. The van der Waals surface area contributed by atoms with Gasteiger partial charge in [-0.3, -0.25) is 4.79 Å². The first-order valence-electron chi connectivity index (χ1n) is 14.2. The number of esters is 1. The first kappa shape index (κ1) is 26.8. The van der Waals surface area contributed by atoms with Crippen LogP contribution >= 0.6 is 0 Å².